The number of hydrogen-bond donors (Lipinski definition) is 0. The van der Waals surface area contributed by atoms with Crippen LogP contribution in [0.15, 0.2) is 12.7 Å². The Bertz CT molecular complexity index is 327. The highest BCUT2D eigenvalue weighted by Crippen LogP contribution is 1.99. The van der Waals surface area contributed by atoms with Gasteiger partial charge in [-0.2, -0.15) is 0 Å². The van der Waals surface area contributed by atoms with Crippen molar-refractivity contribution in [3.63, 3.8) is 0 Å². The summed E-state index contributed by atoms with van der Waals surface area (Å²) < 4.78 is 0. The van der Waals surface area contributed by atoms with Crippen molar-refractivity contribution >= 4 is 0 Å². The molecule has 0 atom stereocenters. The lowest BCUT2D eigenvalue weighted by Gasteiger charge is -1.99. The van der Waals surface area contributed by atoms with E-state index in [0.717, 1.165) is 12.7 Å². The van der Waals surface area contributed by atoms with Crippen molar-refractivity contribution in [3.05, 3.63) is 38.7 Å². The molecule has 0 aliphatic carbocycles. The molecule has 9 nitrogen and oxygen atoms in total. The highest BCUT2D eigenvalue weighted by atomic mass is 16.7. The van der Waals surface area contributed by atoms with E-state index < -0.39 is 22.4 Å². The van der Waals surface area contributed by atoms with Gasteiger partial charge in [0.1, 0.15) is 24.9 Å². The molecule has 0 bridgehead atoms. The van der Waals surface area contributed by atoms with Crippen LogP contribution >= 0.6 is 0 Å². The first-order valence-corrected chi connectivity index (χ1v) is 3.49. The first-order chi connectivity index (χ1) is 6.61. The van der Waals surface area contributed by atoms with Crippen molar-refractivity contribution in [2.45, 2.75) is 12.6 Å². The van der Waals surface area contributed by atoms with Crippen molar-refractivity contribution in [1.82, 2.24) is 15.0 Å². The third-order valence-corrected chi connectivity index (χ3v) is 1.40. The molecule has 0 fully saturated rings. The van der Waals surface area contributed by atoms with Gasteiger partial charge in [-0.3, -0.25) is 20.2 Å². The van der Waals surface area contributed by atoms with Crippen LogP contribution in [0.1, 0.15) is 5.82 Å². The molecule has 14 heavy (non-hydrogen) atoms. The summed E-state index contributed by atoms with van der Waals surface area (Å²) in [5.74, 6) is 0.0263. The van der Waals surface area contributed by atoms with E-state index in [0.29, 0.717) is 0 Å². The van der Waals surface area contributed by atoms with Crippen LogP contribution in [-0.4, -0.2) is 31.0 Å². The minimum Gasteiger partial charge on any atom is -0.259 e. The first-order valence-electron chi connectivity index (χ1n) is 3.49. The maximum Gasteiger partial charge on any atom is 0.457 e. The molecule has 1 heterocycles. The van der Waals surface area contributed by atoms with E-state index in [9.17, 15) is 20.2 Å². The van der Waals surface area contributed by atoms with Gasteiger partial charge in [0.25, 0.3) is 0 Å². The Kier molecular flexibility index (Phi) is 2.94. The van der Waals surface area contributed by atoms with Gasteiger partial charge in [-0.05, 0) is 0 Å². The van der Waals surface area contributed by atoms with Gasteiger partial charge in [-0.25, -0.2) is 15.0 Å². The monoisotopic (exact) mass is 199 g/mol. The highest BCUT2D eigenvalue weighted by molar-refractivity contribution is 4.82. The smallest absolute Gasteiger partial charge is 0.259 e. The highest BCUT2D eigenvalue weighted by Gasteiger charge is 2.33. The lowest BCUT2D eigenvalue weighted by Crippen LogP contribution is -2.31. The summed E-state index contributed by atoms with van der Waals surface area (Å²) in [5.41, 5.74) is 0. The van der Waals surface area contributed by atoms with E-state index in [1.54, 1.807) is 0 Å². The van der Waals surface area contributed by atoms with Crippen LogP contribution in [0.2, 0.25) is 0 Å². The van der Waals surface area contributed by atoms with Gasteiger partial charge in [0.2, 0.25) is 0 Å². The quantitative estimate of drug-likeness (QED) is 0.356. The van der Waals surface area contributed by atoms with Crippen molar-refractivity contribution in [2.24, 2.45) is 0 Å². The molecule has 74 valence electrons. The Hall–Kier alpha value is -2.19. The van der Waals surface area contributed by atoms with Gasteiger partial charge in [-0.1, -0.05) is 0 Å². The summed E-state index contributed by atoms with van der Waals surface area (Å²) >= 11 is 0. The average Bonchev–Trinajstić information content (AvgIpc) is 2.15. The average molecular weight is 199 g/mol. The fraction of sp³-hybridized carbons (Fsp3) is 0.400. The molecule has 0 unspecified atom stereocenters. The summed E-state index contributed by atoms with van der Waals surface area (Å²) in [6, 6.07) is 0. The Labute approximate surface area is 77.1 Å². The predicted octanol–water partition coefficient (Wildman–Crippen LogP) is -0.706. The number of nitro groups is 2. The maximum atomic E-state index is 10.2. The van der Waals surface area contributed by atoms with Crippen molar-refractivity contribution in [3.8, 4) is 0 Å². The zero-order valence-corrected chi connectivity index (χ0v) is 6.81. The minimum absolute atomic E-state index is 0.0263. The van der Waals surface area contributed by atoms with E-state index in [4.69, 9.17) is 0 Å². The number of aromatic nitrogens is 3. The van der Waals surface area contributed by atoms with E-state index >= 15 is 0 Å². The van der Waals surface area contributed by atoms with Crippen molar-refractivity contribution < 1.29 is 9.85 Å². The lowest BCUT2D eigenvalue weighted by atomic mass is 10.3. The second-order valence-electron chi connectivity index (χ2n) is 2.31. The minimum atomic E-state index is -1.91. The van der Waals surface area contributed by atoms with Crippen LogP contribution in [-0.2, 0) is 6.42 Å². The topological polar surface area (TPSA) is 125 Å². The Balaban J connectivity index is 2.75. The number of hydrogen-bond acceptors (Lipinski definition) is 7. The zero-order valence-electron chi connectivity index (χ0n) is 6.81. The maximum absolute atomic E-state index is 10.2. The molecule has 0 aliphatic heterocycles. The molecule has 9 heteroatoms. The van der Waals surface area contributed by atoms with Crippen LogP contribution in [0, 0.1) is 20.2 Å². The molecule has 1 aromatic rings. The second kappa shape index (κ2) is 4.16. The van der Waals surface area contributed by atoms with Crippen molar-refractivity contribution in [2.75, 3.05) is 0 Å². The molecule has 0 N–H and O–H groups in total. The predicted molar refractivity (Wildman–Crippen MR) is 41.3 cm³/mol. The first kappa shape index (κ1) is 9.89. The molecule has 1 rings (SSSR count). The number of nitrogens with zero attached hydrogens (tertiary/aromatic N) is 5. The fourth-order valence-electron chi connectivity index (χ4n) is 0.758. The van der Waals surface area contributed by atoms with Gasteiger partial charge < -0.3 is 0 Å². The number of rotatable bonds is 4. The van der Waals surface area contributed by atoms with Gasteiger partial charge in [0.05, 0.1) is 9.85 Å². The van der Waals surface area contributed by atoms with Crippen LogP contribution in [0.25, 0.3) is 0 Å². The van der Waals surface area contributed by atoms with Crippen LogP contribution in [0.4, 0.5) is 0 Å². The van der Waals surface area contributed by atoms with Gasteiger partial charge >= 0.3 is 6.17 Å². The van der Waals surface area contributed by atoms with Gasteiger partial charge in [0, 0.05) is 0 Å². The molecule has 0 saturated carbocycles. The summed E-state index contributed by atoms with van der Waals surface area (Å²) in [7, 11) is 0. The standard InChI is InChI=1S/C5H5N5O4/c11-9(12)5(10(13)14)1-4-7-2-6-3-8-4/h2-3,5H,1H2. The molecule has 0 aromatic carbocycles. The normalized spacial score (nSPS) is 10.1. The van der Waals surface area contributed by atoms with Crippen LogP contribution in [0.3, 0.4) is 0 Å². The third-order valence-electron chi connectivity index (χ3n) is 1.40. The van der Waals surface area contributed by atoms with Gasteiger partial charge in [0.15, 0.2) is 0 Å². The Morgan fingerprint density at radius 3 is 2.14 bits per heavy atom. The van der Waals surface area contributed by atoms with Crippen molar-refractivity contribution in [1.29, 1.82) is 0 Å². The summed E-state index contributed by atoms with van der Waals surface area (Å²) in [4.78, 5) is 29.1. The molecule has 0 aliphatic rings. The Morgan fingerprint density at radius 2 is 1.71 bits per heavy atom. The molecular formula is C5H5N5O4. The zero-order chi connectivity index (χ0) is 10.6. The molecule has 0 saturated heterocycles. The molecule has 0 spiro atoms. The van der Waals surface area contributed by atoms with E-state index in [1.807, 2.05) is 0 Å². The largest absolute Gasteiger partial charge is 0.457 e. The van der Waals surface area contributed by atoms with E-state index in [2.05, 4.69) is 15.0 Å². The lowest BCUT2D eigenvalue weighted by molar-refractivity contribution is -0.741. The van der Waals surface area contributed by atoms with Crippen LogP contribution in [0.5, 0.6) is 0 Å². The molecule has 0 amide bonds. The summed E-state index contributed by atoms with van der Waals surface area (Å²) in [6.07, 6.45) is -0.0985. The third kappa shape index (κ3) is 2.40. The van der Waals surface area contributed by atoms with Crippen LogP contribution < -0.4 is 0 Å². The van der Waals surface area contributed by atoms with E-state index in [1.165, 1.54) is 0 Å². The molecule has 1 aromatic heterocycles. The van der Waals surface area contributed by atoms with Gasteiger partial charge in [-0.15, -0.1) is 0 Å². The molecular weight excluding hydrogens is 194 g/mol. The second-order valence-corrected chi connectivity index (χ2v) is 2.31. The summed E-state index contributed by atoms with van der Waals surface area (Å²) in [6.45, 7) is 0. The fourth-order valence-corrected chi connectivity index (χ4v) is 0.758. The molecule has 0 radical (unpaired) electrons. The SMILES string of the molecule is O=[N+]([O-])C(Cc1ncncn1)[N+](=O)[O-]. The summed E-state index contributed by atoms with van der Waals surface area (Å²) in [5, 5.41) is 20.5. The Morgan fingerprint density at radius 1 is 1.21 bits per heavy atom. The van der Waals surface area contributed by atoms with E-state index in [-0.39, 0.29) is 5.82 Å².